The Morgan fingerprint density at radius 2 is 1.23 bits per heavy atom. The second-order valence-corrected chi connectivity index (χ2v) is 29.4. The number of carbonyl (C=O) groups excluding carboxylic acids is 4. The minimum atomic E-state index is -4.14. The monoisotopic (exact) mass is 1250 g/mol. The molecule has 2 rings (SSSR count). The lowest BCUT2D eigenvalue weighted by atomic mass is 10.1. The molecule has 41 heteroatoms. The van der Waals surface area contributed by atoms with E-state index in [1.54, 1.807) is 20.8 Å². The van der Waals surface area contributed by atoms with Gasteiger partial charge in [-0.05, 0) is 57.1 Å². The van der Waals surface area contributed by atoms with Gasteiger partial charge in [-0.15, -0.1) is 5.92 Å². The SMILES string of the molecule is C.CC#CCNC(=O)OCC(N=[N+]=[N-])C(=O)NCCCC(C)=O.CC(=O)NCCC(N=[N+]=[N-])OC1C[C@H](C)O[C@@H]1COP(C)(=O)OP(C)(=O)OP(C)(=O)O.C[C@H]1CC(OCN=[N+]=[N-])[C@@H](COP(C)(=O)OP(C)(=O)OP(C)(=O)O)O1. The second-order valence-electron chi connectivity index (χ2n) is 16.9. The molecule has 35 nitrogen and oxygen atoms in total. The molecular formula is C38H74N12O23P6. The van der Waals surface area contributed by atoms with Gasteiger partial charge in [-0.3, -0.25) is 37.0 Å². The Bertz CT molecular complexity index is 2490. The van der Waals surface area contributed by atoms with Crippen molar-refractivity contribution in [1.29, 1.82) is 0 Å². The van der Waals surface area contributed by atoms with Gasteiger partial charge in [-0.1, -0.05) is 28.7 Å². The van der Waals surface area contributed by atoms with E-state index in [4.69, 9.17) is 62.8 Å². The second kappa shape index (κ2) is 38.1. The lowest BCUT2D eigenvalue weighted by Crippen LogP contribution is -2.38. The minimum absolute atomic E-state index is 0. The number of amides is 3. The van der Waals surface area contributed by atoms with Crippen LogP contribution >= 0.6 is 45.6 Å². The van der Waals surface area contributed by atoms with Crippen molar-refractivity contribution in [3.63, 3.8) is 0 Å². The summed E-state index contributed by atoms with van der Waals surface area (Å²) in [6, 6.07) is -1.16. The van der Waals surface area contributed by atoms with Crippen LogP contribution in [0, 0.1) is 11.8 Å². The first-order valence-corrected chi connectivity index (χ1v) is 35.0. The molecule has 0 bridgehead atoms. The summed E-state index contributed by atoms with van der Waals surface area (Å²) in [5, 5.41) is 17.5. The largest absolute Gasteiger partial charge is 0.449 e. The van der Waals surface area contributed by atoms with E-state index >= 15 is 0 Å². The average molecular weight is 1250 g/mol. The highest BCUT2D eigenvalue weighted by Crippen LogP contribution is 2.68. The molecule has 2 heterocycles. The molecule has 0 saturated carbocycles. The molecule has 0 aromatic carbocycles. The molecule has 454 valence electrons. The summed E-state index contributed by atoms with van der Waals surface area (Å²) >= 11 is 0. The maximum Gasteiger partial charge on any atom is 0.407 e. The summed E-state index contributed by atoms with van der Waals surface area (Å²) in [4.78, 5) is 70.9. The third kappa shape index (κ3) is 40.2. The topological polar surface area (TPSA) is 495 Å². The zero-order chi connectivity index (χ0) is 60.0. The van der Waals surface area contributed by atoms with E-state index in [0.29, 0.717) is 25.7 Å². The summed E-state index contributed by atoms with van der Waals surface area (Å²) in [7, 11) is -24.3. The molecule has 79 heavy (non-hydrogen) atoms. The number of alkyl carbamates (subject to hydrolysis) is 1. The van der Waals surface area contributed by atoms with Crippen LogP contribution in [0.25, 0.3) is 31.3 Å². The quantitative estimate of drug-likeness (QED) is 0.0106. The van der Waals surface area contributed by atoms with E-state index in [2.05, 4.69) is 66.5 Å². The van der Waals surface area contributed by atoms with Crippen molar-refractivity contribution < 1.29 is 106 Å². The summed E-state index contributed by atoms with van der Waals surface area (Å²) < 4.78 is 128. The van der Waals surface area contributed by atoms with Crippen LogP contribution < -0.4 is 16.0 Å². The van der Waals surface area contributed by atoms with E-state index < -0.39 is 94.3 Å². The number of ether oxygens (including phenoxy) is 5. The first kappa shape index (κ1) is 77.3. The van der Waals surface area contributed by atoms with Crippen LogP contribution in [0.15, 0.2) is 15.3 Å². The van der Waals surface area contributed by atoms with Gasteiger partial charge in [0.1, 0.15) is 37.6 Å². The van der Waals surface area contributed by atoms with E-state index in [0.717, 1.165) is 40.0 Å². The van der Waals surface area contributed by atoms with Gasteiger partial charge in [0.05, 0.1) is 44.2 Å². The normalized spacial score (nSPS) is 23.5. The molecule has 0 aromatic rings. The molecule has 2 saturated heterocycles. The molecule has 2 aliphatic rings. The number of carbonyl (C=O) groups is 4. The van der Waals surface area contributed by atoms with Crippen molar-refractivity contribution in [1.82, 2.24) is 16.0 Å². The predicted molar refractivity (Wildman–Crippen MR) is 285 cm³/mol. The zero-order valence-electron chi connectivity index (χ0n) is 44.8. The Labute approximate surface area is 458 Å². The van der Waals surface area contributed by atoms with Crippen molar-refractivity contribution >= 4 is 69.3 Å². The van der Waals surface area contributed by atoms with Gasteiger partial charge in [0.15, 0.2) is 6.04 Å². The number of rotatable bonds is 32. The third-order valence-electron chi connectivity index (χ3n) is 8.97. The standard InChI is InChI=1S/C14H29N4O10P3.C13H19N5O4.C10H22N3O9P3.CH4/c1-10-8-12(26-14(17-18-15)6-7-16-11(2)19)13(25-10)9-24-30(4,22)28-31(5,23)27-29(3,20)21;1-3-4-7-16-13(21)22-9-11(17-18-14)12(20)15-8-5-6-10(2)19;1-8-5-9(18-7-12-13-11)10(20-8)6-19-24(3,16)22-25(4,17)21-23(2,14)15;/h10,12-14H,6-9H2,1-5H3,(H,16,19)(H,20,21);11H,5-9H2,1-2H3,(H,15,20)(H,16,21);8-10H,5-7H2,1-4H3,(H,14,15);1H4/t10-,12?,13+,14?,30?,31?;;8-,9?,10+,24?,25?;/m0.0./s1. The molecule has 0 aromatic heterocycles. The molecule has 2 aliphatic heterocycles. The van der Waals surface area contributed by atoms with E-state index in [-0.39, 0.29) is 83.9 Å². The number of Topliss-reactive ketones (excluding diaryl/α,β-unsaturated/α-hetero) is 1. The molecule has 14 atom stereocenters. The van der Waals surface area contributed by atoms with Crippen molar-refractivity contribution in [2.24, 2.45) is 15.3 Å². The van der Waals surface area contributed by atoms with Gasteiger partial charge in [-0.2, -0.15) is 0 Å². The van der Waals surface area contributed by atoms with Crippen molar-refractivity contribution in [2.45, 2.75) is 123 Å². The van der Waals surface area contributed by atoms with Crippen LogP contribution in [0.3, 0.4) is 0 Å². The fourth-order valence-corrected chi connectivity index (χ4v) is 17.0. The van der Waals surface area contributed by atoms with Crippen LogP contribution in [0.4, 0.5) is 4.79 Å². The van der Waals surface area contributed by atoms with E-state index in [1.165, 1.54) is 13.8 Å². The van der Waals surface area contributed by atoms with Gasteiger partial charge in [0.2, 0.25) is 11.8 Å². The maximum atomic E-state index is 12.5. The Morgan fingerprint density at radius 1 is 0.722 bits per heavy atom. The Hall–Kier alpha value is -3.73. The lowest BCUT2D eigenvalue weighted by molar-refractivity contribution is -0.123. The van der Waals surface area contributed by atoms with Gasteiger partial charge in [-0.25, -0.2) is 22.0 Å². The molecule has 0 aliphatic carbocycles. The van der Waals surface area contributed by atoms with Crippen LogP contribution in [-0.4, -0.2) is 169 Å². The predicted octanol–water partition coefficient (Wildman–Crippen LogP) is 8.09. The number of ketones is 1. The number of hydrogen-bond donors (Lipinski definition) is 5. The minimum Gasteiger partial charge on any atom is -0.449 e. The van der Waals surface area contributed by atoms with Crippen LogP contribution in [0.1, 0.15) is 74.1 Å². The Kier molecular flexibility index (Phi) is 37.3. The molecule has 0 spiro atoms. The fraction of sp³-hybridized carbons (Fsp3) is 0.842. The first-order chi connectivity index (χ1) is 36.0. The fourth-order valence-electron chi connectivity index (χ4n) is 6.28. The highest BCUT2D eigenvalue weighted by atomic mass is 31.3. The van der Waals surface area contributed by atoms with Crippen LogP contribution in [0.5, 0.6) is 0 Å². The number of nitrogens with zero attached hydrogens (tertiary/aromatic N) is 9. The van der Waals surface area contributed by atoms with Crippen LogP contribution in [0.2, 0.25) is 0 Å². The summed E-state index contributed by atoms with van der Waals surface area (Å²) in [6.07, 6.45) is -2.36. The highest BCUT2D eigenvalue weighted by Gasteiger charge is 2.41. The first-order valence-electron chi connectivity index (χ1n) is 23.0. The number of hydrogen-bond acceptors (Lipinski definition) is 24. The lowest BCUT2D eigenvalue weighted by Gasteiger charge is -2.25. The molecule has 3 amide bonds. The molecule has 5 N–H and O–H groups in total. The molecule has 2 fully saturated rings. The highest BCUT2D eigenvalue weighted by molar-refractivity contribution is 7.72. The number of azide groups is 3. The molecule has 10 unspecified atom stereocenters. The average Bonchev–Trinajstić information content (AvgIpc) is 3.82. The van der Waals surface area contributed by atoms with Crippen molar-refractivity contribution in [2.75, 3.05) is 86.2 Å². The van der Waals surface area contributed by atoms with Gasteiger partial charge < -0.3 is 63.3 Å². The smallest absolute Gasteiger partial charge is 0.407 e. The van der Waals surface area contributed by atoms with E-state index in [9.17, 15) is 51.5 Å². The van der Waals surface area contributed by atoms with Crippen molar-refractivity contribution in [3.05, 3.63) is 31.3 Å². The van der Waals surface area contributed by atoms with Gasteiger partial charge in [0, 0.05) is 94.0 Å². The molecule has 0 radical (unpaired) electrons. The third-order valence-corrected chi connectivity index (χ3v) is 19.7. The maximum absolute atomic E-state index is 12.5. The van der Waals surface area contributed by atoms with Crippen LogP contribution in [-0.2, 0) is 91.7 Å². The summed E-state index contributed by atoms with van der Waals surface area (Å²) in [5.41, 5.74) is 25.4. The van der Waals surface area contributed by atoms with Gasteiger partial charge in [0.25, 0.3) is 0 Å². The zero-order valence-corrected chi connectivity index (χ0v) is 50.1. The molecular weight excluding hydrogens is 1180 g/mol. The number of nitrogens with one attached hydrogen (secondary N) is 3. The Morgan fingerprint density at radius 3 is 1.68 bits per heavy atom. The van der Waals surface area contributed by atoms with Gasteiger partial charge >= 0.3 is 51.7 Å². The summed E-state index contributed by atoms with van der Waals surface area (Å²) in [6.45, 7) is 13.2. The Balaban J connectivity index is 0. The van der Waals surface area contributed by atoms with E-state index in [1.807, 2.05) is 0 Å². The summed E-state index contributed by atoms with van der Waals surface area (Å²) in [5.74, 6) is 4.42. The van der Waals surface area contributed by atoms with Crippen molar-refractivity contribution in [3.8, 4) is 11.8 Å².